The van der Waals surface area contributed by atoms with Crippen molar-refractivity contribution < 1.29 is 57.1 Å². The van der Waals surface area contributed by atoms with E-state index in [2.05, 4.69) is 34.8 Å². The quantitative estimate of drug-likeness (QED) is 0.277. The lowest BCUT2D eigenvalue weighted by Gasteiger charge is -2.38. The van der Waals surface area contributed by atoms with E-state index < -0.39 is 52.2 Å². The zero-order valence-corrected chi connectivity index (χ0v) is 17.6. The molecule has 31 heavy (non-hydrogen) atoms. The first-order valence-electron chi connectivity index (χ1n) is 8.92. The average molecular weight is 494 g/mol. The molecule has 1 heterocycles. The van der Waals surface area contributed by atoms with E-state index >= 15 is 0 Å². The Morgan fingerprint density at radius 2 is 1.52 bits per heavy atom. The second-order valence-electron chi connectivity index (χ2n) is 6.67. The van der Waals surface area contributed by atoms with Gasteiger partial charge in [-0.15, -0.1) is 0 Å². The number of aromatic nitrogens is 2. The molecule has 0 amide bonds. The molecule has 5 nitrogen and oxygen atoms in total. The molecule has 0 aliphatic carbocycles. The van der Waals surface area contributed by atoms with E-state index in [1.54, 1.807) is 0 Å². The Balaban J connectivity index is 0.000000743. The van der Waals surface area contributed by atoms with Crippen molar-refractivity contribution in [1.29, 1.82) is 0 Å². The maximum Gasteiger partial charge on any atom is 0.402 e. The first-order valence-corrected chi connectivity index (χ1v) is 10.3. The summed E-state index contributed by atoms with van der Waals surface area (Å²) in [6.07, 6.45) is 2.97. The highest BCUT2D eigenvalue weighted by molar-refractivity contribution is 7.86. The lowest BCUT2D eigenvalue weighted by molar-refractivity contribution is -0.671. The Labute approximate surface area is 173 Å². The van der Waals surface area contributed by atoms with Crippen LogP contribution < -0.4 is 4.57 Å². The number of unbranched alkanes of at least 4 members (excludes halogenated alkanes) is 1. The number of hydrogen-bond acceptors (Lipinski definition) is 3. The molecule has 15 heteroatoms. The fraction of sp³-hybridized carbons (Fsp3) is 0.812. The normalized spacial score (nSPS) is 14.7. The molecule has 1 aromatic heterocycles. The highest BCUT2D eigenvalue weighted by Gasteiger charge is 2.84. The van der Waals surface area contributed by atoms with Crippen molar-refractivity contribution in [1.82, 2.24) is 4.57 Å². The molecule has 0 bridgehead atoms. The molecular weight excluding hydrogens is 471 g/mol. The molecule has 0 spiro atoms. The van der Waals surface area contributed by atoms with Crippen LogP contribution in [-0.2, 0) is 23.7 Å². The van der Waals surface area contributed by atoms with E-state index in [9.17, 15) is 52.5 Å². The van der Waals surface area contributed by atoms with Gasteiger partial charge in [-0.3, -0.25) is 0 Å². The summed E-state index contributed by atoms with van der Waals surface area (Å²) in [5.41, 5.74) is 0. The van der Waals surface area contributed by atoms with Crippen LogP contribution in [0.1, 0.15) is 39.5 Å². The van der Waals surface area contributed by atoms with Crippen molar-refractivity contribution >= 4 is 10.1 Å². The fourth-order valence-electron chi connectivity index (χ4n) is 2.16. The molecule has 0 aliphatic rings. The Hall–Kier alpha value is -1.51. The Kier molecular flexibility index (Phi) is 9.90. The van der Waals surface area contributed by atoms with Crippen molar-refractivity contribution in [3.63, 3.8) is 0 Å². The van der Waals surface area contributed by atoms with Gasteiger partial charge in [0.1, 0.15) is 12.4 Å². The van der Waals surface area contributed by atoms with Gasteiger partial charge < -0.3 is 4.55 Å². The van der Waals surface area contributed by atoms with Gasteiger partial charge in [-0.05, 0) is 12.8 Å². The van der Waals surface area contributed by atoms with Crippen molar-refractivity contribution in [2.24, 2.45) is 7.05 Å². The van der Waals surface area contributed by atoms with E-state index in [0.717, 1.165) is 13.5 Å². The minimum Gasteiger partial charge on any atom is -0.743 e. The van der Waals surface area contributed by atoms with E-state index in [4.69, 9.17) is 0 Å². The third kappa shape index (κ3) is 6.26. The van der Waals surface area contributed by atoms with Gasteiger partial charge in [-0.25, -0.2) is 21.9 Å². The second kappa shape index (κ2) is 10.4. The highest BCUT2D eigenvalue weighted by Crippen LogP contribution is 2.55. The lowest BCUT2D eigenvalue weighted by Crippen LogP contribution is -2.66. The first-order chi connectivity index (χ1) is 13.8. The number of hydrogen-bond donors (Lipinski definition) is 0. The van der Waals surface area contributed by atoms with E-state index in [-0.39, 0.29) is 0 Å². The molecule has 1 rings (SSSR count). The van der Waals surface area contributed by atoms with Gasteiger partial charge in [0.2, 0.25) is 6.33 Å². The van der Waals surface area contributed by atoms with E-state index in [1.165, 1.54) is 12.8 Å². The SMILES string of the molecule is CCCC(F)C(F)(F)C(F)(F)C(F)(F)C(F)(F)S(=O)(=O)[O-].CCCCn1cc[n+](C)c1. The summed E-state index contributed by atoms with van der Waals surface area (Å²) in [6, 6.07) is 0. The Morgan fingerprint density at radius 3 is 1.87 bits per heavy atom. The zero-order chi connectivity index (χ0) is 24.9. The average Bonchev–Trinajstić information content (AvgIpc) is 3.04. The van der Waals surface area contributed by atoms with Gasteiger partial charge in [-0.1, -0.05) is 26.7 Å². The number of alkyl halides is 9. The Bertz CT molecular complexity index is 798. The van der Waals surface area contributed by atoms with Crippen LogP contribution in [0.3, 0.4) is 0 Å². The van der Waals surface area contributed by atoms with Crippen molar-refractivity contribution in [3.8, 4) is 0 Å². The van der Waals surface area contributed by atoms with Crippen LogP contribution >= 0.6 is 0 Å². The molecular formula is C16H23F9N2O3S. The van der Waals surface area contributed by atoms with Gasteiger partial charge in [0.25, 0.3) is 0 Å². The molecule has 1 aromatic rings. The summed E-state index contributed by atoms with van der Waals surface area (Å²) in [6.45, 7) is 4.37. The molecule has 0 saturated carbocycles. The van der Waals surface area contributed by atoms with E-state index in [1.807, 2.05) is 7.05 Å². The summed E-state index contributed by atoms with van der Waals surface area (Å²) in [4.78, 5) is 0. The van der Waals surface area contributed by atoms with Crippen LogP contribution in [0.2, 0.25) is 0 Å². The van der Waals surface area contributed by atoms with E-state index in [0.29, 0.717) is 0 Å². The first kappa shape index (κ1) is 29.5. The number of aryl methyl sites for hydroxylation is 2. The minimum absolute atomic E-state index is 0.519. The van der Waals surface area contributed by atoms with Crippen molar-refractivity contribution in [3.05, 3.63) is 18.7 Å². The summed E-state index contributed by atoms with van der Waals surface area (Å²) >= 11 is 0. The van der Waals surface area contributed by atoms with Crippen LogP contribution in [0, 0.1) is 0 Å². The topological polar surface area (TPSA) is 66.0 Å². The number of rotatable bonds is 10. The van der Waals surface area contributed by atoms with Crippen molar-refractivity contribution in [2.75, 3.05) is 0 Å². The van der Waals surface area contributed by atoms with Crippen LogP contribution in [-0.4, -0.2) is 46.7 Å². The maximum absolute atomic E-state index is 13.0. The molecule has 1 atom stereocenters. The van der Waals surface area contributed by atoms with Gasteiger partial charge in [0, 0.05) is 0 Å². The zero-order valence-electron chi connectivity index (χ0n) is 16.8. The van der Waals surface area contributed by atoms with Crippen LogP contribution in [0.15, 0.2) is 18.7 Å². The third-order valence-corrected chi connectivity index (χ3v) is 4.91. The summed E-state index contributed by atoms with van der Waals surface area (Å²) in [5.74, 6) is -20.8. The molecule has 0 saturated heterocycles. The largest absolute Gasteiger partial charge is 0.743 e. The van der Waals surface area contributed by atoms with Gasteiger partial charge in [0.15, 0.2) is 16.3 Å². The highest BCUT2D eigenvalue weighted by atomic mass is 32.2. The predicted molar refractivity (Wildman–Crippen MR) is 89.8 cm³/mol. The lowest BCUT2D eigenvalue weighted by atomic mass is 9.98. The maximum atomic E-state index is 13.0. The number of imidazole rings is 1. The summed E-state index contributed by atoms with van der Waals surface area (Å²) < 4.78 is 150. The molecule has 1 unspecified atom stereocenters. The molecule has 0 aliphatic heterocycles. The number of halogens is 9. The molecule has 0 fully saturated rings. The predicted octanol–water partition coefficient (Wildman–Crippen LogP) is 4.28. The third-order valence-electron chi connectivity index (χ3n) is 4.02. The molecule has 0 radical (unpaired) electrons. The fourth-order valence-corrected chi connectivity index (χ4v) is 2.60. The molecule has 0 aromatic carbocycles. The molecule has 0 N–H and O–H groups in total. The van der Waals surface area contributed by atoms with Crippen LogP contribution in [0.5, 0.6) is 0 Å². The van der Waals surface area contributed by atoms with Gasteiger partial charge in [-0.2, -0.15) is 35.1 Å². The minimum atomic E-state index is -7.41. The monoisotopic (exact) mass is 494 g/mol. The number of nitrogens with zero attached hydrogens (tertiary/aromatic N) is 2. The van der Waals surface area contributed by atoms with Crippen molar-refractivity contribution in [2.45, 2.75) is 75.3 Å². The summed E-state index contributed by atoms with van der Waals surface area (Å²) in [7, 11) is -5.37. The second-order valence-corrected chi connectivity index (χ2v) is 8.09. The van der Waals surface area contributed by atoms with Gasteiger partial charge >= 0.3 is 23.0 Å². The summed E-state index contributed by atoms with van der Waals surface area (Å²) in [5, 5.41) is -7.06. The van der Waals surface area contributed by atoms with Gasteiger partial charge in [0.05, 0.1) is 13.6 Å². The van der Waals surface area contributed by atoms with Crippen LogP contribution in [0.25, 0.3) is 0 Å². The molecule has 184 valence electrons. The smallest absolute Gasteiger partial charge is 0.402 e. The standard InChI is InChI=1S/C8H9F9O3S.C8H15N2/c1-2-3-4(9)5(10,11)6(12,13)7(14,15)8(16,17)21(18,19)20;1-3-4-5-10-7-6-9(2)8-10/h4H,2-3H2,1H3,(H,18,19,20);6-8H,3-5H2,1-2H3/q;+1/p-1. The Morgan fingerprint density at radius 1 is 1.00 bits per heavy atom. The van der Waals surface area contributed by atoms with Crippen LogP contribution in [0.4, 0.5) is 39.5 Å².